The van der Waals surface area contributed by atoms with Gasteiger partial charge in [0.15, 0.2) is 16.8 Å². The molecule has 3 rings (SSSR count). The van der Waals surface area contributed by atoms with Gasteiger partial charge in [0.05, 0.1) is 17.9 Å². The highest BCUT2D eigenvalue weighted by atomic mass is 32.2. The second kappa shape index (κ2) is 8.35. The van der Waals surface area contributed by atoms with Crippen molar-refractivity contribution < 1.29 is 13.9 Å². The molecule has 0 bridgehead atoms. The molecule has 7 heteroatoms. The van der Waals surface area contributed by atoms with E-state index in [2.05, 4.69) is 10.2 Å². The average Bonchev–Trinajstić information content (AvgIpc) is 3.06. The summed E-state index contributed by atoms with van der Waals surface area (Å²) in [6.45, 7) is 1.95. The molecule has 0 aliphatic heterocycles. The number of methoxy groups -OCH3 is 1. The summed E-state index contributed by atoms with van der Waals surface area (Å²) in [6, 6.07) is 13.5. The molecule has 1 atom stereocenters. The van der Waals surface area contributed by atoms with E-state index in [1.54, 1.807) is 61.2 Å². The highest BCUT2D eigenvalue weighted by Crippen LogP contribution is 2.30. The Morgan fingerprint density at radius 3 is 2.52 bits per heavy atom. The number of halogens is 1. The smallest absolute Gasteiger partial charge is 0.191 e. The molecule has 0 N–H and O–H groups in total. The van der Waals surface area contributed by atoms with Crippen molar-refractivity contribution in [1.29, 1.82) is 0 Å². The van der Waals surface area contributed by atoms with Crippen molar-refractivity contribution in [2.24, 2.45) is 7.05 Å². The minimum atomic E-state index is -0.356. The van der Waals surface area contributed by atoms with Crippen LogP contribution in [0.25, 0.3) is 11.4 Å². The lowest BCUT2D eigenvalue weighted by molar-refractivity contribution is 0.0988. The van der Waals surface area contributed by atoms with Gasteiger partial charge in [-0.15, -0.1) is 10.2 Å². The van der Waals surface area contributed by atoms with Gasteiger partial charge >= 0.3 is 0 Å². The van der Waals surface area contributed by atoms with Crippen LogP contribution in [0.5, 0.6) is 5.75 Å². The predicted molar refractivity (Wildman–Crippen MR) is 104 cm³/mol. The fraction of sp³-hybridized carbons (Fsp3) is 0.250. The highest BCUT2D eigenvalue weighted by molar-refractivity contribution is 8.00. The number of aromatic nitrogens is 3. The molecule has 0 aliphatic rings. The van der Waals surface area contributed by atoms with E-state index in [0.29, 0.717) is 34.3 Å². The quantitative estimate of drug-likeness (QED) is 0.446. The maximum absolute atomic E-state index is 14.1. The molecule has 1 aromatic heterocycles. The van der Waals surface area contributed by atoms with E-state index in [-0.39, 0.29) is 16.9 Å². The lowest BCUT2D eigenvalue weighted by atomic mass is 10.1. The van der Waals surface area contributed by atoms with Crippen molar-refractivity contribution in [2.45, 2.75) is 23.8 Å². The number of hydrogen-bond donors (Lipinski definition) is 0. The second-order valence-corrected chi connectivity index (χ2v) is 7.12. The van der Waals surface area contributed by atoms with Crippen LogP contribution in [-0.2, 0) is 7.05 Å². The van der Waals surface area contributed by atoms with Crippen LogP contribution in [0.2, 0.25) is 0 Å². The zero-order chi connectivity index (χ0) is 19.4. The van der Waals surface area contributed by atoms with Gasteiger partial charge in [0.1, 0.15) is 11.6 Å². The number of ether oxygens (including phenoxy) is 1. The Kier molecular flexibility index (Phi) is 5.91. The topological polar surface area (TPSA) is 57.0 Å². The number of nitrogens with zero attached hydrogens (tertiary/aromatic N) is 3. The van der Waals surface area contributed by atoms with E-state index < -0.39 is 0 Å². The van der Waals surface area contributed by atoms with Gasteiger partial charge < -0.3 is 9.30 Å². The van der Waals surface area contributed by atoms with E-state index in [9.17, 15) is 9.18 Å². The van der Waals surface area contributed by atoms with Crippen LogP contribution in [0.4, 0.5) is 4.39 Å². The Labute approximate surface area is 161 Å². The fourth-order valence-corrected chi connectivity index (χ4v) is 3.68. The van der Waals surface area contributed by atoms with Crippen LogP contribution in [-0.4, -0.2) is 32.9 Å². The molecule has 0 saturated carbocycles. The summed E-state index contributed by atoms with van der Waals surface area (Å²) in [6.07, 6.45) is 0.636. The first-order valence-corrected chi connectivity index (χ1v) is 9.42. The number of hydrogen-bond acceptors (Lipinski definition) is 5. The second-order valence-electron chi connectivity index (χ2n) is 5.95. The molecule has 0 amide bonds. The van der Waals surface area contributed by atoms with Crippen LogP contribution < -0.4 is 4.74 Å². The molecule has 5 nitrogen and oxygen atoms in total. The summed E-state index contributed by atoms with van der Waals surface area (Å²) in [5.74, 6) is 0.795. The Morgan fingerprint density at radius 2 is 1.89 bits per heavy atom. The zero-order valence-electron chi connectivity index (χ0n) is 15.3. The summed E-state index contributed by atoms with van der Waals surface area (Å²) in [5.41, 5.74) is 1.00. The summed E-state index contributed by atoms with van der Waals surface area (Å²) in [7, 11) is 3.36. The first-order valence-electron chi connectivity index (χ1n) is 8.54. The van der Waals surface area contributed by atoms with Crippen molar-refractivity contribution in [1.82, 2.24) is 14.8 Å². The molecule has 2 aromatic carbocycles. The summed E-state index contributed by atoms with van der Waals surface area (Å²) in [4.78, 5) is 12.8. The zero-order valence-corrected chi connectivity index (χ0v) is 16.2. The molecule has 27 heavy (non-hydrogen) atoms. The van der Waals surface area contributed by atoms with Crippen molar-refractivity contribution in [3.8, 4) is 17.1 Å². The van der Waals surface area contributed by atoms with Crippen LogP contribution in [0.3, 0.4) is 0 Å². The maximum atomic E-state index is 14.1. The molecule has 3 aromatic rings. The molecule has 140 valence electrons. The number of benzene rings is 2. The van der Waals surface area contributed by atoms with Crippen LogP contribution in [0.15, 0.2) is 53.7 Å². The van der Waals surface area contributed by atoms with E-state index in [1.165, 1.54) is 17.8 Å². The predicted octanol–water partition coefficient (Wildman–Crippen LogP) is 4.38. The number of thioether (sulfide) groups is 1. The minimum Gasteiger partial charge on any atom is -0.497 e. The van der Waals surface area contributed by atoms with Crippen LogP contribution in [0.1, 0.15) is 23.7 Å². The van der Waals surface area contributed by atoms with E-state index in [1.807, 2.05) is 6.92 Å². The van der Waals surface area contributed by atoms with Gasteiger partial charge in [0.2, 0.25) is 0 Å². The highest BCUT2D eigenvalue weighted by Gasteiger charge is 2.23. The molecule has 0 saturated heterocycles. The number of carbonyl (C=O) groups excluding carboxylic acids is 1. The maximum Gasteiger partial charge on any atom is 0.191 e. The molecule has 0 fully saturated rings. The van der Waals surface area contributed by atoms with Gasteiger partial charge in [0.25, 0.3) is 0 Å². The van der Waals surface area contributed by atoms with E-state index >= 15 is 0 Å². The Morgan fingerprint density at radius 1 is 1.19 bits per heavy atom. The molecular weight excluding hydrogens is 365 g/mol. The van der Waals surface area contributed by atoms with Crippen LogP contribution >= 0.6 is 11.8 Å². The summed E-state index contributed by atoms with van der Waals surface area (Å²) < 4.78 is 20.9. The van der Waals surface area contributed by atoms with Gasteiger partial charge in [-0.1, -0.05) is 30.8 Å². The molecule has 0 aliphatic carbocycles. The van der Waals surface area contributed by atoms with Crippen molar-refractivity contribution in [2.75, 3.05) is 7.11 Å². The Hall–Kier alpha value is -2.67. The van der Waals surface area contributed by atoms with Gasteiger partial charge in [-0.2, -0.15) is 0 Å². The lowest BCUT2D eigenvalue weighted by Crippen LogP contribution is -2.17. The van der Waals surface area contributed by atoms with Gasteiger partial charge in [-0.3, -0.25) is 4.79 Å². The largest absolute Gasteiger partial charge is 0.497 e. The third-order valence-electron chi connectivity index (χ3n) is 4.24. The third kappa shape index (κ3) is 4.03. The molecule has 0 spiro atoms. The normalized spacial score (nSPS) is 12.0. The Bertz CT molecular complexity index is 941. The SMILES string of the molecule is CCC(Sc1nnc(-c2ccccc2F)n1C)C(=O)c1ccc(OC)cc1. The lowest BCUT2D eigenvalue weighted by Gasteiger charge is -2.13. The van der Waals surface area contributed by atoms with Gasteiger partial charge in [-0.25, -0.2) is 4.39 Å². The minimum absolute atomic E-state index is 0.0144. The standard InChI is InChI=1S/C20H20FN3O2S/c1-4-17(18(25)13-9-11-14(26-3)12-10-13)27-20-23-22-19(24(20)2)15-7-5-6-8-16(15)21/h5-12,17H,4H2,1-3H3. The van der Waals surface area contributed by atoms with Gasteiger partial charge in [0, 0.05) is 12.6 Å². The number of ketones is 1. The van der Waals surface area contributed by atoms with Crippen molar-refractivity contribution >= 4 is 17.5 Å². The third-order valence-corrected chi connectivity index (χ3v) is 5.63. The molecule has 1 unspecified atom stereocenters. The molecule has 0 radical (unpaired) electrons. The number of rotatable bonds is 7. The van der Waals surface area contributed by atoms with Gasteiger partial charge in [-0.05, 0) is 42.8 Å². The summed E-state index contributed by atoms with van der Waals surface area (Å²) >= 11 is 1.34. The van der Waals surface area contributed by atoms with E-state index in [4.69, 9.17) is 4.74 Å². The number of carbonyl (C=O) groups is 1. The van der Waals surface area contributed by atoms with Crippen molar-refractivity contribution in [3.05, 3.63) is 59.9 Å². The summed E-state index contributed by atoms with van der Waals surface area (Å²) in [5, 5.41) is 8.54. The first kappa shape index (κ1) is 19.1. The van der Waals surface area contributed by atoms with Crippen LogP contribution in [0, 0.1) is 5.82 Å². The van der Waals surface area contributed by atoms with Crippen molar-refractivity contribution in [3.63, 3.8) is 0 Å². The van der Waals surface area contributed by atoms with E-state index in [0.717, 1.165) is 0 Å². The first-order chi connectivity index (χ1) is 13.0. The Balaban J connectivity index is 1.82. The fourth-order valence-electron chi connectivity index (χ4n) is 2.69. The molecular formula is C20H20FN3O2S. The number of Topliss-reactive ketones (excluding diaryl/α,β-unsaturated/α-hetero) is 1. The average molecular weight is 385 g/mol. The monoisotopic (exact) mass is 385 g/mol. The molecule has 1 heterocycles.